The lowest BCUT2D eigenvalue weighted by molar-refractivity contribution is -0.144. The molecule has 12 nitrogen and oxygen atoms in total. The largest absolute Gasteiger partial charge is 0.453 e. The molecule has 4 aliphatic heterocycles. The zero-order valence-corrected chi connectivity index (χ0v) is 39.2. The Kier molecular flexibility index (Phi) is 10.7. The number of nitrogens with zero attached hydrogens (tertiary/aromatic N) is 5. The summed E-state index contributed by atoms with van der Waals surface area (Å²) in [6.07, 6.45) is 7.47. The molecular formula is C55H57F2N7O5. The molecule has 0 unspecified atom stereocenters. The first-order valence-corrected chi connectivity index (χ1v) is 24.7. The van der Waals surface area contributed by atoms with E-state index in [1.54, 1.807) is 24.3 Å². The summed E-state index contributed by atoms with van der Waals surface area (Å²) in [6, 6.07) is 25.1. The van der Waals surface area contributed by atoms with Gasteiger partial charge in [-0.3, -0.25) is 19.5 Å². The summed E-state index contributed by atoms with van der Waals surface area (Å²) in [7, 11) is 1.28. The van der Waals surface area contributed by atoms with E-state index < -0.39 is 24.1 Å². The van der Waals surface area contributed by atoms with Gasteiger partial charge < -0.3 is 29.6 Å². The van der Waals surface area contributed by atoms with E-state index in [1.807, 2.05) is 85.6 Å². The number of ether oxygens (including phenoxy) is 2. The third-order valence-electron chi connectivity index (χ3n) is 16.4. The molecule has 12 rings (SSSR count). The number of halogens is 2. The zero-order chi connectivity index (χ0) is 47.3. The van der Waals surface area contributed by atoms with Crippen LogP contribution in [0, 0.1) is 17.3 Å². The number of fused-ring (bicyclic) bond motifs is 6. The van der Waals surface area contributed by atoms with E-state index in [0.29, 0.717) is 73.2 Å². The Balaban J connectivity index is 0.778. The number of amides is 3. The predicted molar refractivity (Wildman–Crippen MR) is 257 cm³/mol. The average molecular weight is 934 g/mol. The van der Waals surface area contributed by atoms with Crippen LogP contribution < -0.4 is 5.32 Å². The Labute approximate surface area is 400 Å². The van der Waals surface area contributed by atoms with Crippen LogP contribution in [0.2, 0.25) is 0 Å². The Morgan fingerprint density at radius 3 is 2.32 bits per heavy atom. The highest BCUT2D eigenvalue weighted by Gasteiger charge is 2.56. The molecule has 3 amide bonds. The van der Waals surface area contributed by atoms with Gasteiger partial charge in [-0.25, -0.2) is 9.78 Å². The van der Waals surface area contributed by atoms with Gasteiger partial charge in [0.15, 0.2) is 0 Å². The second-order valence-corrected chi connectivity index (χ2v) is 20.8. The van der Waals surface area contributed by atoms with Crippen molar-refractivity contribution in [1.29, 1.82) is 0 Å². The number of alkyl halides is 2. The molecule has 3 aliphatic carbocycles. The van der Waals surface area contributed by atoms with Crippen LogP contribution in [0.1, 0.15) is 99.0 Å². The van der Waals surface area contributed by atoms with E-state index in [-0.39, 0.29) is 52.4 Å². The standard InChI is InChI=1S/C55H57F2N7O5/c1-31(2)47(61-53(67)68-3)51(65)63-30-54(17-18-54)28-46(63)37-27-44(58-29-37)35-11-15-40-39-14-10-33(24-41(39)55(56,57)42(40)25-35)34-12-16-43-45(26-34)60-50(59-43)48-36-9-13-38(23-36)64(48)52(66)49(32-7-5-4-6-8-32)62-19-21-69-22-20-62/h4-8,10-12,14-16,24-26,29,31,36,38,46-49H,9,13,17-23,27-28,30H2,1-3H3,(H,59,60)(H,61,67)/t36-,38+,46-,47-,48-,49-/m0/s1. The molecule has 356 valence electrons. The topological polar surface area (TPSA) is 132 Å². The summed E-state index contributed by atoms with van der Waals surface area (Å²) in [5.41, 5.74) is 7.30. The fourth-order valence-corrected chi connectivity index (χ4v) is 12.6. The molecule has 69 heavy (non-hydrogen) atoms. The maximum absolute atomic E-state index is 16.8. The first-order chi connectivity index (χ1) is 33.4. The molecule has 3 saturated heterocycles. The highest BCUT2D eigenvalue weighted by Crippen LogP contribution is 2.57. The molecule has 1 aromatic heterocycles. The van der Waals surface area contributed by atoms with Gasteiger partial charge >= 0.3 is 6.09 Å². The first kappa shape index (κ1) is 44.0. The van der Waals surface area contributed by atoms with Crippen LogP contribution in [0.15, 0.2) is 102 Å². The molecule has 6 atom stereocenters. The average Bonchev–Trinajstić information content (AvgIpc) is 4.03. The van der Waals surface area contributed by atoms with Crippen molar-refractivity contribution in [2.24, 2.45) is 22.2 Å². The molecule has 2 bridgehead atoms. The van der Waals surface area contributed by atoms with E-state index in [9.17, 15) is 14.4 Å². The van der Waals surface area contributed by atoms with Crippen molar-refractivity contribution in [3.63, 3.8) is 0 Å². The van der Waals surface area contributed by atoms with Crippen LogP contribution in [-0.4, -0.2) is 106 Å². The molecule has 2 N–H and O–H groups in total. The number of rotatable bonds is 10. The number of carbonyl (C=O) groups excluding carboxylic acids is 3. The summed E-state index contributed by atoms with van der Waals surface area (Å²) in [4.78, 5) is 60.9. The van der Waals surface area contributed by atoms with Crippen LogP contribution in [0.5, 0.6) is 0 Å². The van der Waals surface area contributed by atoms with Gasteiger partial charge in [0.05, 0.1) is 49.2 Å². The van der Waals surface area contributed by atoms with Gasteiger partial charge in [0.25, 0.3) is 5.92 Å². The zero-order valence-electron chi connectivity index (χ0n) is 39.2. The van der Waals surface area contributed by atoms with Crippen molar-refractivity contribution in [1.82, 2.24) is 30.0 Å². The summed E-state index contributed by atoms with van der Waals surface area (Å²) >= 11 is 0. The number of methoxy groups -OCH3 is 1. The predicted octanol–water partition coefficient (Wildman–Crippen LogP) is 9.31. The van der Waals surface area contributed by atoms with E-state index in [0.717, 1.165) is 72.1 Å². The van der Waals surface area contributed by atoms with Gasteiger partial charge in [0.1, 0.15) is 17.9 Å². The first-order valence-electron chi connectivity index (χ1n) is 24.7. The molecule has 4 aromatic carbocycles. The van der Waals surface area contributed by atoms with Crippen molar-refractivity contribution < 1.29 is 32.6 Å². The maximum atomic E-state index is 16.8. The van der Waals surface area contributed by atoms with Gasteiger partial charge in [-0.05, 0) is 119 Å². The smallest absolute Gasteiger partial charge is 0.407 e. The van der Waals surface area contributed by atoms with E-state index >= 15 is 8.78 Å². The normalized spacial score (nSPS) is 24.9. The number of hydrogen-bond acceptors (Lipinski definition) is 8. The van der Waals surface area contributed by atoms with Crippen molar-refractivity contribution >= 4 is 34.7 Å². The number of piperidine rings is 1. The quantitative estimate of drug-likeness (QED) is 0.143. The summed E-state index contributed by atoms with van der Waals surface area (Å²) in [6.45, 7) is 6.98. The van der Waals surface area contributed by atoms with Gasteiger partial charge in [-0.15, -0.1) is 0 Å². The number of aromatic nitrogens is 2. The van der Waals surface area contributed by atoms with Crippen molar-refractivity contribution in [2.45, 2.75) is 94.9 Å². The molecular weight excluding hydrogens is 877 g/mol. The van der Waals surface area contributed by atoms with Crippen molar-refractivity contribution in [3.8, 4) is 22.3 Å². The molecule has 5 fully saturated rings. The number of nitrogens with one attached hydrogen (secondary N) is 2. The Hall–Kier alpha value is -6.25. The molecule has 14 heteroatoms. The van der Waals surface area contributed by atoms with E-state index in [4.69, 9.17) is 19.5 Å². The molecule has 0 radical (unpaired) electrons. The second kappa shape index (κ2) is 16.7. The van der Waals surface area contributed by atoms with Gasteiger partial charge in [-0.1, -0.05) is 74.5 Å². The summed E-state index contributed by atoms with van der Waals surface area (Å²) in [5.74, 6) is -2.37. The molecule has 2 saturated carbocycles. The molecule has 5 heterocycles. The minimum absolute atomic E-state index is 0.0378. The number of hydrogen-bond donors (Lipinski definition) is 2. The van der Waals surface area contributed by atoms with Crippen LogP contribution in [0.3, 0.4) is 0 Å². The lowest BCUT2D eigenvalue weighted by Crippen LogP contribution is -2.52. The monoisotopic (exact) mass is 933 g/mol. The minimum Gasteiger partial charge on any atom is -0.453 e. The van der Waals surface area contributed by atoms with Crippen molar-refractivity contribution in [2.75, 3.05) is 40.0 Å². The Morgan fingerprint density at radius 1 is 0.884 bits per heavy atom. The van der Waals surface area contributed by atoms with Crippen LogP contribution >= 0.6 is 0 Å². The van der Waals surface area contributed by atoms with Gasteiger partial charge in [0.2, 0.25) is 11.8 Å². The SMILES string of the molecule is COC(=O)N[C@H](C(=O)N1CC2(CC2)C[C@H]1C1=CN=C(c2ccc3c(c2)C(F)(F)c2cc(-c4ccc5nc([C@@H]6[C@H]7CC[C@H](C7)N6C(=O)[C@H](c6ccccc6)N6CCOCC6)[nH]c5c4)ccc2-3)C1)C(C)C. The van der Waals surface area contributed by atoms with Gasteiger partial charge in [-0.2, -0.15) is 8.78 Å². The number of benzene rings is 4. The van der Waals surface area contributed by atoms with Crippen LogP contribution in [0.25, 0.3) is 33.3 Å². The van der Waals surface area contributed by atoms with Crippen LogP contribution in [-0.2, 0) is 25.0 Å². The third-order valence-corrected chi connectivity index (χ3v) is 16.4. The highest BCUT2D eigenvalue weighted by molar-refractivity contribution is 6.05. The van der Waals surface area contributed by atoms with Gasteiger partial charge in [0, 0.05) is 49.4 Å². The Morgan fingerprint density at radius 2 is 1.59 bits per heavy atom. The number of aliphatic imine (C=N–C) groups is 1. The fraction of sp³-hybridized carbons (Fsp3) is 0.436. The minimum atomic E-state index is -3.25. The second-order valence-electron chi connectivity index (χ2n) is 20.8. The molecule has 5 aromatic rings. The molecule has 1 spiro atoms. The third kappa shape index (κ3) is 7.47. The van der Waals surface area contributed by atoms with E-state index in [2.05, 4.69) is 20.1 Å². The fourth-order valence-electron chi connectivity index (χ4n) is 12.6. The Bertz CT molecular complexity index is 2960. The number of morpholine rings is 1. The maximum Gasteiger partial charge on any atom is 0.407 e. The summed E-state index contributed by atoms with van der Waals surface area (Å²) < 4.78 is 44.1. The number of imidazole rings is 1. The number of H-pyrrole nitrogens is 1. The lowest BCUT2D eigenvalue weighted by atomic mass is 9.93. The molecule has 7 aliphatic rings. The van der Waals surface area contributed by atoms with Crippen molar-refractivity contribution in [3.05, 3.63) is 125 Å². The lowest BCUT2D eigenvalue weighted by Gasteiger charge is -2.41. The number of likely N-dealkylation sites (tertiary alicyclic amines) is 2. The highest BCUT2D eigenvalue weighted by atomic mass is 19.3. The number of carbonyl (C=O) groups is 3. The number of alkyl carbamates (subject to hydrolysis) is 1. The number of aromatic amines is 1. The van der Waals surface area contributed by atoms with Crippen LogP contribution in [0.4, 0.5) is 13.6 Å². The summed E-state index contributed by atoms with van der Waals surface area (Å²) in [5, 5.41) is 2.74. The van der Waals surface area contributed by atoms with E-state index in [1.165, 1.54) is 7.11 Å².